The molecular weight excluding hydrogens is 410 g/mol. The first-order chi connectivity index (χ1) is 15.2. The van der Waals surface area contributed by atoms with Gasteiger partial charge in [-0.1, -0.05) is 13.8 Å². The Balaban J connectivity index is 1.21. The first kappa shape index (κ1) is 19.9. The van der Waals surface area contributed by atoms with E-state index in [1.54, 1.807) is 23.7 Å². The van der Waals surface area contributed by atoms with Gasteiger partial charge in [-0.05, 0) is 43.7 Å². The molecule has 0 bridgehead atoms. The van der Waals surface area contributed by atoms with Crippen LogP contribution in [-0.2, 0) is 0 Å². The van der Waals surface area contributed by atoms with Gasteiger partial charge in [-0.2, -0.15) is 10.2 Å². The summed E-state index contributed by atoms with van der Waals surface area (Å²) in [5.41, 5.74) is 4.98. The number of H-pyrrole nitrogens is 1. The van der Waals surface area contributed by atoms with Gasteiger partial charge in [0.1, 0.15) is 11.9 Å². The maximum Gasteiger partial charge on any atom is 0.237 e. The summed E-state index contributed by atoms with van der Waals surface area (Å²) in [4.78, 5) is 8.79. The maximum atomic E-state index is 6.22. The van der Waals surface area contributed by atoms with Crippen molar-refractivity contribution in [3.63, 3.8) is 0 Å². The molecule has 4 aromatic rings. The van der Waals surface area contributed by atoms with E-state index in [0.717, 1.165) is 58.8 Å². The van der Waals surface area contributed by atoms with Crippen LogP contribution in [0.5, 0.6) is 5.88 Å². The van der Waals surface area contributed by atoms with Crippen molar-refractivity contribution in [3.8, 4) is 5.88 Å². The van der Waals surface area contributed by atoms with E-state index < -0.39 is 0 Å². The molecule has 0 unspecified atom stereocenters. The van der Waals surface area contributed by atoms with Crippen LogP contribution in [0.4, 0.5) is 11.6 Å². The Morgan fingerprint density at radius 2 is 2.00 bits per heavy atom. The minimum Gasteiger partial charge on any atom is -0.473 e. The molecule has 160 valence electrons. The highest BCUT2D eigenvalue weighted by molar-refractivity contribution is 7.17. The van der Waals surface area contributed by atoms with Crippen molar-refractivity contribution in [3.05, 3.63) is 47.4 Å². The van der Waals surface area contributed by atoms with Gasteiger partial charge in [-0.25, -0.2) is 9.97 Å². The summed E-state index contributed by atoms with van der Waals surface area (Å²) in [5.74, 6) is 3.12. The van der Waals surface area contributed by atoms with Crippen LogP contribution >= 0.6 is 11.3 Å². The van der Waals surface area contributed by atoms with Gasteiger partial charge in [0.25, 0.3) is 0 Å². The Morgan fingerprint density at radius 3 is 2.84 bits per heavy atom. The lowest BCUT2D eigenvalue weighted by Crippen LogP contribution is -2.24. The standard InChI is InChI=1S/C22H25N7OS/c1-13(2)16-7-10-25-29-22(16)30-15-5-3-14(4-6-15)18-11-19(28-27-18)26-21-20-17(8-9-23-21)24-12-31-20/h7-15H,3-6H2,1-2H3,(H2,23,26,27,28)/t14-,15+. The van der Waals surface area contributed by atoms with Crippen LogP contribution in [0, 0.1) is 0 Å². The molecular formula is C22H25N7OS. The number of pyridine rings is 1. The SMILES string of the molecule is CC(C)c1ccnnc1O[C@H]1CC[C@@H](c2cc(Nc3nccc4ncsc34)[nH]n2)CC1. The van der Waals surface area contributed by atoms with Crippen molar-refractivity contribution in [2.45, 2.75) is 57.5 Å². The van der Waals surface area contributed by atoms with E-state index in [2.05, 4.69) is 55.6 Å². The largest absolute Gasteiger partial charge is 0.473 e. The number of nitrogens with one attached hydrogen (secondary N) is 2. The first-order valence-corrected chi connectivity index (χ1v) is 11.5. The molecule has 0 amide bonds. The Labute approximate surface area is 184 Å². The molecule has 0 atom stereocenters. The fraction of sp³-hybridized carbons (Fsp3) is 0.409. The summed E-state index contributed by atoms with van der Waals surface area (Å²) in [5, 5.41) is 19.3. The molecule has 0 spiro atoms. The van der Waals surface area contributed by atoms with Crippen LogP contribution in [0.3, 0.4) is 0 Å². The van der Waals surface area contributed by atoms with Gasteiger partial charge in [0.05, 0.1) is 27.6 Å². The van der Waals surface area contributed by atoms with Gasteiger partial charge < -0.3 is 10.1 Å². The molecule has 1 aliphatic carbocycles. The minimum absolute atomic E-state index is 0.176. The van der Waals surface area contributed by atoms with E-state index >= 15 is 0 Å². The van der Waals surface area contributed by atoms with E-state index in [1.807, 2.05) is 17.6 Å². The number of nitrogens with zero attached hydrogens (tertiary/aromatic N) is 5. The van der Waals surface area contributed by atoms with E-state index in [-0.39, 0.29) is 6.10 Å². The number of aromatic amines is 1. The number of aromatic nitrogens is 6. The lowest BCUT2D eigenvalue weighted by molar-refractivity contribution is 0.136. The number of ether oxygens (including phenoxy) is 1. The van der Waals surface area contributed by atoms with Crippen LogP contribution in [0.1, 0.15) is 62.6 Å². The van der Waals surface area contributed by atoms with Crippen LogP contribution in [0.15, 0.2) is 36.1 Å². The molecule has 9 heteroatoms. The third kappa shape index (κ3) is 4.23. The van der Waals surface area contributed by atoms with Gasteiger partial charge in [0.15, 0.2) is 5.82 Å². The molecule has 0 saturated heterocycles. The first-order valence-electron chi connectivity index (χ1n) is 10.7. The van der Waals surface area contributed by atoms with Crippen LogP contribution in [-0.4, -0.2) is 36.5 Å². The quantitative estimate of drug-likeness (QED) is 0.430. The second-order valence-corrected chi connectivity index (χ2v) is 9.08. The summed E-state index contributed by atoms with van der Waals surface area (Å²) in [6, 6.07) is 6.01. The van der Waals surface area contributed by atoms with Gasteiger partial charge in [0, 0.05) is 23.7 Å². The van der Waals surface area contributed by atoms with Gasteiger partial charge >= 0.3 is 0 Å². The Bertz CT molecular complexity index is 1160. The maximum absolute atomic E-state index is 6.22. The molecule has 0 radical (unpaired) electrons. The highest BCUT2D eigenvalue weighted by Gasteiger charge is 2.26. The number of anilines is 2. The lowest BCUT2D eigenvalue weighted by atomic mass is 9.85. The van der Waals surface area contributed by atoms with Crippen molar-refractivity contribution in [2.24, 2.45) is 0 Å². The van der Waals surface area contributed by atoms with Gasteiger partial charge in [0.2, 0.25) is 5.88 Å². The third-order valence-electron chi connectivity index (χ3n) is 5.81. The predicted molar refractivity (Wildman–Crippen MR) is 121 cm³/mol. The monoisotopic (exact) mass is 435 g/mol. The van der Waals surface area contributed by atoms with Crippen molar-refractivity contribution in [1.82, 2.24) is 30.4 Å². The number of fused-ring (bicyclic) bond motifs is 1. The smallest absolute Gasteiger partial charge is 0.237 e. The second-order valence-electron chi connectivity index (χ2n) is 8.23. The topological polar surface area (TPSA) is 102 Å². The fourth-order valence-corrected chi connectivity index (χ4v) is 4.84. The summed E-state index contributed by atoms with van der Waals surface area (Å²) in [6.45, 7) is 4.30. The van der Waals surface area contributed by atoms with E-state index in [0.29, 0.717) is 17.7 Å². The lowest BCUT2D eigenvalue weighted by Gasteiger charge is -2.28. The number of thiazole rings is 1. The molecule has 8 nitrogen and oxygen atoms in total. The molecule has 1 saturated carbocycles. The highest BCUT2D eigenvalue weighted by atomic mass is 32.1. The average molecular weight is 436 g/mol. The molecule has 1 aliphatic rings. The molecule has 0 aromatic carbocycles. The zero-order valence-electron chi connectivity index (χ0n) is 17.6. The summed E-state index contributed by atoms with van der Waals surface area (Å²) in [7, 11) is 0. The molecule has 2 N–H and O–H groups in total. The number of hydrogen-bond donors (Lipinski definition) is 2. The highest BCUT2D eigenvalue weighted by Crippen LogP contribution is 2.36. The van der Waals surface area contributed by atoms with Gasteiger partial charge in [-0.3, -0.25) is 5.10 Å². The Morgan fingerprint density at radius 1 is 1.13 bits per heavy atom. The number of rotatable bonds is 6. The van der Waals surface area contributed by atoms with Crippen molar-refractivity contribution in [1.29, 1.82) is 0 Å². The van der Waals surface area contributed by atoms with E-state index in [9.17, 15) is 0 Å². The van der Waals surface area contributed by atoms with Crippen molar-refractivity contribution >= 4 is 33.2 Å². The molecule has 1 fully saturated rings. The minimum atomic E-state index is 0.176. The van der Waals surface area contributed by atoms with Crippen molar-refractivity contribution < 1.29 is 4.74 Å². The average Bonchev–Trinajstić information content (AvgIpc) is 3.45. The van der Waals surface area contributed by atoms with E-state index in [1.165, 1.54) is 0 Å². The van der Waals surface area contributed by atoms with Crippen LogP contribution < -0.4 is 10.1 Å². The van der Waals surface area contributed by atoms with Crippen LogP contribution in [0.2, 0.25) is 0 Å². The van der Waals surface area contributed by atoms with Crippen LogP contribution in [0.25, 0.3) is 10.2 Å². The normalized spacial score (nSPS) is 19.1. The van der Waals surface area contributed by atoms with Gasteiger partial charge in [-0.15, -0.1) is 16.4 Å². The summed E-state index contributed by atoms with van der Waals surface area (Å²) in [6.07, 6.45) is 7.71. The molecule has 0 aliphatic heterocycles. The third-order valence-corrected chi connectivity index (χ3v) is 6.65. The predicted octanol–water partition coefficient (Wildman–Crippen LogP) is 5.18. The summed E-state index contributed by atoms with van der Waals surface area (Å²) < 4.78 is 7.26. The Hall–Kier alpha value is -3.07. The molecule has 31 heavy (non-hydrogen) atoms. The molecule has 4 aromatic heterocycles. The zero-order chi connectivity index (χ0) is 21.2. The van der Waals surface area contributed by atoms with E-state index in [4.69, 9.17) is 4.74 Å². The Kier molecular flexibility index (Phi) is 5.50. The van der Waals surface area contributed by atoms with Crippen molar-refractivity contribution in [2.75, 3.05) is 5.32 Å². The number of hydrogen-bond acceptors (Lipinski definition) is 8. The fourth-order valence-electron chi connectivity index (χ4n) is 4.11. The molecule has 5 rings (SSSR count). The summed E-state index contributed by atoms with van der Waals surface area (Å²) >= 11 is 1.58. The molecule has 4 heterocycles. The second kappa shape index (κ2) is 8.58. The zero-order valence-corrected chi connectivity index (χ0v) is 18.4.